The molecule has 158 valence electrons. The Morgan fingerprint density at radius 3 is 2.73 bits per heavy atom. The number of hydrogen-bond donors (Lipinski definition) is 0. The maximum absolute atomic E-state index is 12.6. The number of anilines is 1. The molecule has 0 radical (unpaired) electrons. The average Bonchev–Trinajstić information content (AvgIpc) is 3.27. The first-order valence-corrected chi connectivity index (χ1v) is 11.2. The lowest BCUT2D eigenvalue weighted by Crippen LogP contribution is -2.50. The molecule has 1 aromatic carbocycles. The molecule has 0 unspecified atom stereocenters. The highest BCUT2D eigenvalue weighted by atomic mass is 32.1. The van der Waals surface area contributed by atoms with Crippen molar-refractivity contribution < 1.29 is 9.53 Å². The summed E-state index contributed by atoms with van der Waals surface area (Å²) in [6, 6.07) is 11.9. The molecule has 1 saturated heterocycles. The molecule has 1 amide bonds. The summed E-state index contributed by atoms with van der Waals surface area (Å²) in [6.07, 6.45) is 2.45. The summed E-state index contributed by atoms with van der Waals surface area (Å²) < 4.78 is 5.70. The van der Waals surface area contributed by atoms with E-state index in [0.717, 1.165) is 54.4 Å². The van der Waals surface area contributed by atoms with Gasteiger partial charge >= 0.3 is 0 Å². The first-order valence-electron chi connectivity index (χ1n) is 10.3. The number of ether oxygens (including phenoxy) is 1. The predicted molar refractivity (Wildman–Crippen MR) is 120 cm³/mol. The summed E-state index contributed by atoms with van der Waals surface area (Å²) in [5.41, 5.74) is 0. The summed E-state index contributed by atoms with van der Waals surface area (Å²) in [6.45, 7) is 5.20. The van der Waals surface area contributed by atoms with Crippen molar-refractivity contribution in [1.82, 2.24) is 19.8 Å². The molecule has 0 aliphatic carbocycles. The van der Waals surface area contributed by atoms with Gasteiger partial charge in [-0.3, -0.25) is 9.69 Å². The minimum absolute atomic E-state index is 0.158. The Balaban J connectivity index is 1.19. The first kappa shape index (κ1) is 20.6. The topological polar surface area (TPSA) is 61.8 Å². The van der Waals surface area contributed by atoms with E-state index in [4.69, 9.17) is 4.74 Å². The van der Waals surface area contributed by atoms with Gasteiger partial charge in [-0.1, -0.05) is 18.2 Å². The lowest BCUT2D eigenvalue weighted by atomic mass is 10.2. The standard InChI is InChI=1S/C22H27N5O2S/c1-25(9-5-14-29-18-6-3-2-4-7-18)20(28)16-26-10-12-27(13-11-26)21-19-8-15-30-22(19)24-17-23-21/h2-4,6-8,15,17H,5,9-14,16H2,1H3. The Kier molecular flexibility index (Phi) is 6.76. The molecule has 1 fully saturated rings. The number of nitrogens with zero attached hydrogens (tertiary/aromatic N) is 5. The fraction of sp³-hybridized carbons (Fsp3) is 0.409. The van der Waals surface area contributed by atoms with E-state index >= 15 is 0 Å². The van der Waals surface area contributed by atoms with Crippen LogP contribution in [-0.2, 0) is 4.79 Å². The number of piperazine rings is 1. The van der Waals surface area contributed by atoms with E-state index in [-0.39, 0.29) is 5.91 Å². The van der Waals surface area contributed by atoms with Crippen LogP contribution in [0.25, 0.3) is 10.2 Å². The second-order valence-corrected chi connectivity index (χ2v) is 8.32. The Labute approximate surface area is 180 Å². The molecule has 7 nitrogen and oxygen atoms in total. The smallest absolute Gasteiger partial charge is 0.236 e. The van der Waals surface area contributed by atoms with Crippen molar-refractivity contribution in [3.8, 4) is 5.75 Å². The molecule has 1 aliphatic heterocycles. The van der Waals surface area contributed by atoms with Crippen molar-refractivity contribution in [2.75, 3.05) is 57.8 Å². The van der Waals surface area contributed by atoms with Crippen molar-refractivity contribution >= 4 is 33.3 Å². The monoisotopic (exact) mass is 425 g/mol. The number of likely N-dealkylation sites (N-methyl/N-ethyl adjacent to an activating group) is 1. The third-order valence-corrected chi connectivity index (χ3v) is 6.17. The number of carbonyl (C=O) groups is 1. The van der Waals surface area contributed by atoms with Crippen molar-refractivity contribution in [1.29, 1.82) is 0 Å². The fourth-order valence-corrected chi connectivity index (χ4v) is 4.32. The van der Waals surface area contributed by atoms with E-state index in [1.54, 1.807) is 22.6 Å². The van der Waals surface area contributed by atoms with E-state index in [9.17, 15) is 4.79 Å². The van der Waals surface area contributed by atoms with Crippen LogP contribution in [0.1, 0.15) is 6.42 Å². The molecular weight excluding hydrogens is 398 g/mol. The van der Waals surface area contributed by atoms with E-state index in [2.05, 4.69) is 31.2 Å². The molecule has 0 spiro atoms. The molecule has 0 N–H and O–H groups in total. The number of rotatable bonds is 8. The zero-order valence-electron chi connectivity index (χ0n) is 17.2. The number of carbonyl (C=O) groups excluding carboxylic acids is 1. The molecule has 0 bridgehead atoms. The number of amides is 1. The Morgan fingerprint density at radius 2 is 1.93 bits per heavy atom. The first-order chi connectivity index (χ1) is 14.7. The molecule has 30 heavy (non-hydrogen) atoms. The normalized spacial score (nSPS) is 14.8. The molecule has 4 rings (SSSR count). The lowest BCUT2D eigenvalue weighted by Gasteiger charge is -2.35. The number of benzene rings is 1. The predicted octanol–water partition coefficient (Wildman–Crippen LogP) is 2.74. The summed E-state index contributed by atoms with van der Waals surface area (Å²) in [5, 5.41) is 3.17. The quantitative estimate of drug-likeness (QED) is 0.517. The van der Waals surface area contributed by atoms with Gasteiger partial charge in [0.05, 0.1) is 18.5 Å². The second kappa shape index (κ2) is 9.86. The highest BCUT2D eigenvalue weighted by molar-refractivity contribution is 7.16. The van der Waals surface area contributed by atoms with Gasteiger partial charge in [0.2, 0.25) is 5.91 Å². The van der Waals surface area contributed by atoms with Crippen LogP contribution in [0, 0.1) is 0 Å². The lowest BCUT2D eigenvalue weighted by molar-refractivity contribution is -0.131. The van der Waals surface area contributed by atoms with Crippen molar-refractivity contribution in [2.45, 2.75) is 6.42 Å². The molecule has 1 aliphatic rings. The number of hydrogen-bond acceptors (Lipinski definition) is 7. The highest BCUT2D eigenvalue weighted by Crippen LogP contribution is 2.27. The van der Waals surface area contributed by atoms with Gasteiger partial charge in [0.15, 0.2) is 0 Å². The van der Waals surface area contributed by atoms with Crippen LogP contribution in [0.5, 0.6) is 5.75 Å². The zero-order valence-corrected chi connectivity index (χ0v) is 18.1. The van der Waals surface area contributed by atoms with Crippen LogP contribution in [0.15, 0.2) is 48.1 Å². The SMILES string of the molecule is CN(CCCOc1ccccc1)C(=O)CN1CCN(c2ncnc3sccc23)CC1. The largest absolute Gasteiger partial charge is 0.494 e. The third kappa shape index (κ3) is 5.06. The minimum atomic E-state index is 0.158. The minimum Gasteiger partial charge on any atom is -0.494 e. The van der Waals surface area contributed by atoms with Gasteiger partial charge in [-0.25, -0.2) is 9.97 Å². The van der Waals surface area contributed by atoms with Gasteiger partial charge < -0.3 is 14.5 Å². The fourth-order valence-electron chi connectivity index (χ4n) is 3.59. The number of para-hydroxylation sites is 1. The molecule has 8 heteroatoms. The molecule has 0 saturated carbocycles. The average molecular weight is 426 g/mol. The van der Waals surface area contributed by atoms with E-state index in [0.29, 0.717) is 19.7 Å². The maximum atomic E-state index is 12.6. The van der Waals surface area contributed by atoms with E-state index < -0.39 is 0 Å². The Bertz CT molecular complexity index is 956. The Morgan fingerprint density at radius 1 is 1.13 bits per heavy atom. The van der Waals surface area contributed by atoms with Crippen LogP contribution in [-0.4, -0.2) is 78.6 Å². The molecular formula is C22H27N5O2S. The summed E-state index contributed by atoms with van der Waals surface area (Å²) in [4.78, 5) is 28.8. The molecule has 3 heterocycles. The second-order valence-electron chi connectivity index (χ2n) is 7.43. The Hall–Kier alpha value is -2.71. The van der Waals surface area contributed by atoms with E-state index in [1.165, 1.54) is 0 Å². The van der Waals surface area contributed by atoms with Gasteiger partial charge in [0, 0.05) is 39.8 Å². The highest BCUT2D eigenvalue weighted by Gasteiger charge is 2.22. The van der Waals surface area contributed by atoms with Gasteiger partial charge in [0.25, 0.3) is 0 Å². The number of aromatic nitrogens is 2. The van der Waals surface area contributed by atoms with Crippen LogP contribution < -0.4 is 9.64 Å². The number of fused-ring (bicyclic) bond motifs is 1. The maximum Gasteiger partial charge on any atom is 0.236 e. The van der Waals surface area contributed by atoms with Crippen LogP contribution in [0.4, 0.5) is 5.82 Å². The molecule has 3 aromatic rings. The van der Waals surface area contributed by atoms with Gasteiger partial charge in [-0.15, -0.1) is 11.3 Å². The molecule has 0 atom stereocenters. The van der Waals surface area contributed by atoms with Crippen LogP contribution >= 0.6 is 11.3 Å². The van der Waals surface area contributed by atoms with Crippen molar-refractivity contribution in [2.24, 2.45) is 0 Å². The summed E-state index contributed by atoms with van der Waals surface area (Å²) >= 11 is 1.64. The van der Waals surface area contributed by atoms with Crippen LogP contribution in [0.2, 0.25) is 0 Å². The van der Waals surface area contributed by atoms with Gasteiger partial charge in [-0.2, -0.15) is 0 Å². The zero-order chi connectivity index (χ0) is 20.8. The third-order valence-electron chi connectivity index (χ3n) is 5.35. The van der Waals surface area contributed by atoms with Crippen molar-refractivity contribution in [3.63, 3.8) is 0 Å². The summed E-state index contributed by atoms with van der Waals surface area (Å²) in [7, 11) is 1.87. The number of thiophene rings is 1. The van der Waals surface area contributed by atoms with Gasteiger partial charge in [0.1, 0.15) is 22.7 Å². The van der Waals surface area contributed by atoms with Gasteiger partial charge in [-0.05, 0) is 30.0 Å². The van der Waals surface area contributed by atoms with Crippen LogP contribution in [0.3, 0.4) is 0 Å². The van der Waals surface area contributed by atoms with E-state index in [1.807, 2.05) is 37.4 Å². The molecule has 2 aromatic heterocycles. The van der Waals surface area contributed by atoms with Crippen molar-refractivity contribution in [3.05, 3.63) is 48.1 Å². The summed E-state index contributed by atoms with van der Waals surface area (Å²) in [5.74, 6) is 2.03.